The molecule has 1 heterocycles. The molecule has 1 rings (SSSR count). The van der Waals surface area contributed by atoms with E-state index < -0.39 is 0 Å². The fraction of sp³-hybridized carbons (Fsp3) is 1.00. The van der Waals surface area contributed by atoms with Gasteiger partial charge in [0.2, 0.25) is 0 Å². The van der Waals surface area contributed by atoms with E-state index in [1.54, 1.807) is 7.11 Å². The molecule has 0 N–H and O–H groups in total. The molecule has 10 heavy (non-hydrogen) atoms. The number of rotatable bonds is 1. The SMILES string of the molecule is CON1CCCC(C)(C)C1. The third kappa shape index (κ3) is 1.96. The van der Waals surface area contributed by atoms with Crippen LogP contribution in [-0.4, -0.2) is 25.3 Å². The number of hydrogen-bond acceptors (Lipinski definition) is 2. The van der Waals surface area contributed by atoms with Crippen LogP contribution < -0.4 is 0 Å². The Morgan fingerprint density at radius 3 is 2.50 bits per heavy atom. The van der Waals surface area contributed by atoms with Gasteiger partial charge in [-0.1, -0.05) is 13.8 Å². The molecule has 1 aliphatic rings. The summed E-state index contributed by atoms with van der Waals surface area (Å²) in [5.74, 6) is 0. The van der Waals surface area contributed by atoms with Gasteiger partial charge in [-0.05, 0) is 18.3 Å². The summed E-state index contributed by atoms with van der Waals surface area (Å²) < 4.78 is 0. The quantitative estimate of drug-likeness (QED) is 0.553. The fourth-order valence-corrected chi connectivity index (χ4v) is 1.53. The lowest BCUT2D eigenvalue weighted by Gasteiger charge is -2.36. The highest BCUT2D eigenvalue weighted by atomic mass is 16.7. The molecule has 1 aliphatic heterocycles. The van der Waals surface area contributed by atoms with Gasteiger partial charge in [-0.15, -0.1) is 0 Å². The zero-order valence-corrected chi connectivity index (χ0v) is 7.18. The lowest BCUT2D eigenvalue weighted by molar-refractivity contribution is -0.164. The summed E-state index contributed by atoms with van der Waals surface area (Å²) in [5.41, 5.74) is 0.453. The highest BCUT2D eigenvalue weighted by Gasteiger charge is 2.25. The van der Waals surface area contributed by atoms with E-state index in [1.165, 1.54) is 12.8 Å². The van der Waals surface area contributed by atoms with Crippen LogP contribution in [0.5, 0.6) is 0 Å². The summed E-state index contributed by atoms with van der Waals surface area (Å²) >= 11 is 0. The van der Waals surface area contributed by atoms with Crippen molar-refractivity contribution >= 4 is 0 Å². The molecule has 1 fully saturated rings. The predicted octanol–water partition coefficient (Wildman–Crippen LogP) is 1.67. The third-order valence-electron chi connectivity index (χ3n) is 2.12. The second-order valence-corrected chi connectivity index (χ2v) is 3.81. The minimum Gasteiger partial charge on any atom is -0.302 e. The molecule has 2 heteroatoms. The first-order valence-electron chi connectivity index (χ1n) is 3.93. The standard InChI is InChI=1S/C8H17NO/c1-8(2)5-4-6-9(7-8)10-3/h4-7H2,1-3H3. The summed E-state index contributed by atoms with van der Waals surface area (Å²) in [6.45, 7) is 6.75. The van der Waals surface area contributed by atoms with E-state index in [4.69, 9.17) is 4.84 Å². The molecule has 60 valence electrons. The van der Waals surface area contributed by atoms with E-state index in [0.29, 0.717) is 5.41 Å². The summed E-state index contributed by atoms with van der Waals surface area (Å²) in [6.07, 6.45) is 2.59. The summed E-state index contributed by atoms with van der Waals surface area (Å²) in [6, 6.07) is 0. The van der Waals surface area contributed by atoms with Crippen LogP contribution in [0.25, 0.3) is 0 Å². The Hall–Kier alpha value is -0.0800. The molecule has 0 bridgehead atoms. The largest absolute Gasteiger partial charge is 0.302 e. The highest BCUT2D eigenvalue weighted by molar-refractivity contribution is 4.75. The van der Waals surface area contributed by atoms with Crippen LogP contribution in [-0.2, 0) is 4.84 Å². The number of nitrogens with zero attached hydrogens (tertiary/aromatic N) is 1. The smallest absolute Gasteiger partial charge is 0.0575 e. The Morgan fingerprint density at radius 1 is 1.40 bits per heavy atom. The van der Waals surface area contributed by atoms with Gasteiger partial charge in [-0.25, -0.2) is 0 Å². The van der Waals surface area contributed by atoms with Crippen LogP contribution in [0.3, 0.4) is 0 Å². The lowest BCUT2D eigenvalue weighted by Crippen LogP contribution is -2.39. The van der Waals surface area contributed by atoms with Gasteiger partial charge >= 0.3 is 0 Å². The molecule has 0 spiro atoms. The Morgan fingerprint density at radius 2 is 2.10 bits per heavy atom. The minimum atomic E-state index is 0.453. The van der Waals surface area contributed by atoms with E-state index in [-0.39, 0.29) is 0 Å². The Labute approximate surface area is 63.1 Å². The number of hydroxylamine groups is 2. The van der Waals surface area contributed by atoms with Crippen molar-refractivity contribution in [3.8, 4) is 0 Å². The maximum atomic E-state index is 5.16. The first-order chi connectivity index (χ1) is 4.64. The van der Waals surface area contributed by atoms with Crippen molar-refractivity contribution in [1.29, 1.82) is 0 Å². The van der Waals surface area contributed by atoms with Crippen LogP contribution in [0.15, 0.2) is 0 Å². The first-order valence-corrected chi connectivity index (χ1v) is 3.93. The molecule has 2 nitrogen and oxygen atoms in total. The van der Waals surface area contributed by atoms with E-state index in [9.17, 15) is 0 Å². The molecular weight excluding hydrogens is 126 g/mol. The van der Waals surface area contributed by atoms with Gasteiger partial charge in [-0.2, -0.15) is 5.06 Å². The van der Waals surface area contributed by atoms with Crippen molar-refractivity contribution in [1.82, 2.24) is 5.06 Å². The summed E-state index contributed by atoms with van der Waals surface area (Å²) in [4.78, 5) is 5.16. The van der Waals surface area contributed by atoms with Gasteiger partial charge < -0.3 is 4.84 Å². The van der Waals surface area contributed by atoms with E-state index in [1.807, 2.05) is 5.06 Å². The van der Waals surface area contributed by atoms with Crippen molar-refractivity contribution in [2.24, 2.45) is 5.41 Å². The van der Waals surface area contributed by atoms with Gasteiger partial charge in [0.1, 0.15) is 0 Å². The maximum Gasteiger partial charge on any atom is 0.0575 e. The fourth-order valence-electron chi connectivity index (χ4n) is 1.53. The van der Waals surface area contributed by atoms with Gasteiger partial charge in [0.25, 0.3) is 0 Å². The first kappa shape index (κ1) is 8.02. The van der Waals surface area contributed by atoms with Crippen LogP contribution in [0.2, 0.25) is 0 Å². The van der Waals surface area contributed by atoms with Crippen LogP contribution >= 0.6 is 0 Å². The van der Waals surface area contributed by atoms with Gasteiger partial charge in [0, 0.05) is 13.1 Å². The second kappa shape index (κ2) is 2.89. The van der Waals surface area contributed by atoms with Crippen LogP contribution in [0.4, 0.5) is 0 Å². The van der Waals surface area contributed by atoms with Crippen molar-refractivity contribution in [2.45, 2.75) is 26.7 Å². The predicted molar refractivity (Wildman–Crippen MR) is 41.6 cm³/mol. The zero-order chi connectivity index (χ0) is 7.61. The zero-order valence-electron chi connectivity index (χ0n) is 7.18. The van der Waals surface area contributed by atoms with Gasteiger partial charge in [0.15, 0.2) is 0 Å². The minimum absolute atomic E-state index is 0.453. The van der Waals surface area contributed by atoms with Gasteiger partial charge in [0.05, 0.1) is 7.11 Å². The average molecular weight is 143 g/mol. The van der Waals surface area contributed by atoms with Crippen molar-refractivity contribution in [3.63, 3.8) is 0 Å². The highest BCUT2D eigenvalue weighted by Crippen LogP contribution is 2.27. The molecule has 0 amide bonds. The molecular formula is C8H17NO. The van der Waals surface area contributed by atoms with Crippen molar-refractivity contribution < 1.29 is 4.84 Å². The average Bonchev–Trinajstić information content (AvgIpc) is 1.86. The molecule has 1 saturated heterocycles. The van der Waals surface area contributed by atoms with Crippen LogP contribution in [0, 0.1) is 5.41 Å². The molecule has 0 aromatic carbocycles. The number of hydrogen-bond donors (Lipinski definition) is 0. The molecule has 0 aromatic heterocycles. The molecule has 0 atom stereocenters. The molecule has 0 unspecified atom stereocenters. The van der Waals surface area contributed by atoms with E-state index >= 15 is 0 Å². The summed E-state index contributed by atoms with van der Waals surface area (Å²) in [7, 11) is 1.75. The normalized spacial score (nSPS) is 26.7. The molecule has 0 saturated carbocycles. The van der Waals surface area contributed by atoms with Crippen molar-refractivity contribution in [3.05, 3.63) is 0 Å². The molecule has 0 aromatic rings. The Balaban J connectivity index is 2.40. The Bertz CT molecular complexity index is 112. The third-order valence-corrected chi connectivity index (χ3v) is 2.12. The maximum absolute atomic E-state index is 5.16. The second-order valence-electron chi connectivity index (χ2n) is 3.81. The van der Waals surface area contributed by atoms with E-state index in [2.05, 4.69) is 13.8 Å². The lowest BCUT2D eigenvalue weighted by atomic mass is 9.85. The van der Waals surface area contributed by atoms with Crippen LogP contribution in [0.1, 0.15) is 26.7 Å². The summed E-state index contributed by atoms with van der Waals surface area (Å²) in [5, 5.41) is 2.05. The molecule has 0 aliphatic carbocycles. The van der Waals surface area contributed by atoms with E-state index in [0.717, 1.165) is 13.1 Å². The monoisotopic (exact) mass is 143 g/mol. The molecule has 0 radical (unpaired) electrons. The topological polar surface area (TPSA) is 12.5 Å². The Kier molecular flexibility index (Phi) is 2.32. The van der Waals surface area contributed by atoms with Gasteiger partial charge in [-0.3, -0.25) is 0 Å². The van der Waals surface area contributed by atoms with Crippen molar-refractivity contribution in [2.75, 3.05) is 20.2 Å². The number of piperidine rings is 1.